The second-order valence-electron chi connectivity index (χ2n) is 3.61. The number of hydrogen-bond acceptors (Lipinski definition) is 2. The summed E-state index contributed by atoms with van der Waals surface area (Å²) in [4.78, 5) is 0. The lowest BCUT2D eigenvalue weighted by atomic mass is 9.89. The molecule has 1 aliphatic heterocycles. The van der Waals surface area contributed by atoms with Gasteiger partial charge in [0.1, 0.15) is 4.32 Å². The molecule has 0 N–H and O–H groups in total. The predicted octanol–water partition coefficient (Wildman–Crippen LogP) is 2.23. The molecule has 1 rings (SSSR count). The zero-order chi connectivity index (χ0) is 8.54. The van der Waals surface area contributed by atoms with Gasteiger partial charge in [-0.25, -0.2) is 0 Å². The Labute approximate surface area is 75.7 Å². The lowest BCUT2D eigenvalue weighted by molar-refractivity contribution is -0.0559. The van der Waals surface area contributed by atoms with Crippen molar-refractivity contribution in [1.29, 1.82) is 5.26 Å². The van der Waals surface area contributed by atoms with E-state index in [1.807, 2.05) is 13.8 Å². The Morgan fingerprint density at radius 1 is 1.55 bits per heavy atom. The Kier molecular flexibility index (Phi) is 2.27. The molecule has 0 aromatic rings. The van der Waals surface area contributed by atoms with Gasteiger partial charge in [-0.15, -0.1) is 0 Å². The average Bonchev–Trinajstić information content (AvgIpc) is 1.85. The van der Waals surface area contributed by atoms with Gasteiger partial charge in [-0.05, 0) is 20.3 Å². The third-order valence-corrected chi connectivity index (χ3v) is 2.75. The molecule has 2 nitrogen and oxygen atoms in total. The van der Waals surface area contributed by atoms with Crippen LogP contribution in [-0.4, -0.2) is 16.5 Å². The van der Waals surface area contributed by atoms with Crippen molar-refractivity contribution in [2.75, 3.05) is 6.61 Å². The standard InChI is InChI=1S/C8H12BrNO/c1-7(2)5-8(9,6-10)3-4-11-7/h3-5H2,1-2H3. The quantitative estimate of drug-likeness (QED) is 0.584. The van der Waals surface area contributed by atoms with Crippen LogP contribution < -0.4 is 0 Å². The van der Waals surface area contributed by atoms with E-state index in [1.54, 1.807) is 0 Å². The Morgan fingerprint density at radius 2 is 2.18 bits per heavy atom. The van der Waals surface area contributed by atoms with Gasteiger partial charge < -0.3 is 4.74 Å². The molecule has 3 heteroatoms. The van der Waals surface area contributed by atoms with Crippen LogP contribution in [0.25, 0.3) is 0 Å². The molecule has 11 heavy (non-hydrogen) atoms. The van der Waals surface area contributed by atoms with Gasteiger partial charge in [-0.2, -0.15) is 5.26 Å². The molecule has 1 heterocycles. The van der Waals surface area contributed by atoms with Crippen LogP contribution in [0.5, 0.6) is 0 Å². The van der Waals surface area contributed by atoms with Crippen LogP contribution >= 0.6 is 15.9 Å². The van der Waals surface area contributed by atoms with Crippen molar-refractivity contribution >= 4 is 15.9 Å². The van der Waals surface area contributed by atoms with E-state index in [-0.39, 0.29) is 9.93 Å². The molecule has 1 unspecified atom stereocenters. The van der Waals surface area contributed by atoms with Crippen molar-refractivity contribution in [3.63, 3.8) is 0 Å². The number of hydrogen-bond donors (Lipinski definition) is 0. The first-order valence-corrected chi connectivity index (χ1v) is 4.51. The van der Waals surface area contributed by atoms with Crippen LogP contribution in [0.3, 0.4) is 0 Å². The first-order valence-electron chi connectivity index (χ1n) is 3.72. The Balaban J connectivity index is 2.69. The van der Waals surface area contributed by atoms with Gasteiger partial charge in [0.05, 0.1) is 11.7 Å². The molecule has 0 saturated carbocycles. The smallest absolute Gasteiger partial charge is 0.117 e. The molecule has 0 spiro atoms. The monoisotopic (exact) mass is 217 g/mol. The van der Waals surface area contributed by atoms with Gasteiger partial charge >= 0.3 is 0 Å². The number of ether oxygens (including phenoxy) is 1. The third kappa shape index (κ3) is 2.18. The van der Waals surface area contributed by atoms with Crippen LogP contribution in [0.4, 0.5) is 0 Å². The van der Waals surface area contributed by atoms with Crippen LogP contribution in [0.2, 0.25) is 0 Å². The van der Waals surface area contributed by atoms with E-state index in [9.17, 15) is 0 Å². The number of nitriles is 1. The summed E-state index contributed by atoms with van der Waals surface area (Å²) in [6, 6.07) is 2.27. The van der Waals surface area contributed by atoms with Crippen molar-refractivity contribution < 1.29 is 4.74 Å². The van der Waals surface area contributed by atoms with Gasteiger partial charge in [-0.1, -0.05) is 15.9 Å². The maximum atomic E-state index is 8.83. The van der Waals surface area contributed by atoms with E-state index < -0.39 is 0 Å². The summed E-state index contributed by atoms with van der Waals surface area (Å²) in [5, 5.41) is 8.83. The van der Waals surface area contributed by atoms with Gasteiger partial charge in [-0.3, -0.25) is 0 Å². The second-order valence-corrected chi connectivity index (χ2v) is 5.13. The average molecular weight is 218 g/mol. The van der Waals surface area contributed by atoms with Crippen molar-refractivity contribution in [3.05, 3.63) is 0 Å². The normalized spacial score (nSPS) is 36.2. The SMILES string of the molecule is CC1(C)CC(Br)(C#N)CCO1. The molecule has 62 valence electrons. The molecule has 0 aromatic heterocycles. The molecule has 1 fully saturated rings. The topological polar surface area (TPSA) is 33.0 Å². The highest BCUT2D eigenvalue weighted by Crippen LogP contribution is 2.37. The predicted molar refractivity (Wildman–Crippen MR) is 46.5 cm³/mol. The van der Waals surface area contributed by atoms with E-state index in [4.69, 9.17) is 10.00 Å². The van der Waals surface area contributed by atoms with Crippen molar-refractivity contribution in [3.8, 4) is 6.07 Å². The Morgan fingerprint density at radius 3 is 2.55 bits per heavy atom. The summed E-state index contributed by atoms with van der Waals surface area (Å²) >= 11 is 3.43. The zero-order valence-corrected chi connectivity index (χ0v) is 8.44. The summed E-state index contributed by atoms with van der Waals surface area (Å²) in [7, 11) is 0. The fourth-order valence-corrected chi connectivity index (χ4v) is 2.24. The van der Waals surface area contributed by atoms with Crippen LogP contribution in [0, 0.1) is 11.3 Å². The zero-order valence-electron chi connectivity index (χ0n) is 6.85. The van der Waals surface area contributed by atoms with Crippen molar-refractivity contribution in [2.24, 2.45) is 0 Å². The minimum atomic E-state index is -0.352. The largest absolute Gasteiger partial charge is 0.375 e. The van der Waals surface area contributed by atoms with Crippen molar-refractivity contribution in [2.45, 2.75) is 36.6 Å². The number of nitrogens with zero attached hydrogens (tertiary/aromatic N) is 1. The highest BCUT2D eigenvalue weighted by Gasteiger charge is 2.39. The number of rotatable bonds is 0. The summed E-state index contributed by atoms with van der Waals surface area (Å²) < 4.78 is 5.13. The second kappa shape index (κ2) is 2.76. The molecule has 1 aliphatic rings. The molecule has 0 radical (unpaired) electrons. The van der Waals surface area contributed by atoms with Crippen LogP contribution in [-0.2, 0) is 4.74 Å². The molecule has 0 aromatic carbocycles. The lowest BCUT2D eigenvalue weighted by Gasteiger charge is -2.37. The number of halogens is 1. The minimum Gasteiger partial charge on any atom is -0.375 e. The van der Waals surface area contributed by atoms with E-state index in [0.29, 0.717) is 6.61 Å². The van der Waals surface area contributed by atoms with E-state index >= 15 is 0 Å². The maximum absolute atomic E-state index is 8.83. The minimum absolute atomic E-state index is 0.155. The van der Waals surface area contributed by atoms with Gasteiger partial charge in [0.15, 0.2) is 0 Å². The lowest BCUT2D eigenvalue weighted by Crippen LogP contribution is -2.41. The van der Waals surface area contributed by atoms with E-state index in [2.05, 4.69) is 22.0 Å². The summed E-state index contributed by atoms with van der Waals surface area (Å²) in [5.74, 6) is 0. The van der Waals surface area contributed by atoms with Crippen LogP contribution in [0.1, 0.15) is 26.7 Å². The van der Waals surface area contributed by atoms with Gasteiger partial charge in [0.2, 0.25) is 0 Å². The molecule has 0 aliphatic carbocycles. The molecular weight excluding hydrogens is 206 g/mol. The third-order valence-electron chi connectivity index (χ3n) is 1.90. The van der Waals surface area contributed by atoms with Crippen LogP contribution in [0.15, 0.2) is 0 Å². The molecule has 0 amide bonds. The fourth-order valence-electron chi connectivity index (χ4n) is 1.40. The van der Waals surface area contributed by atoms with Gasteiger partial charge in [0.25, 0.3) is 0 Å². The first-order chi connectivity index (χ1) is 4.97. The summed E-state index contributed by atoms with van der Waals surface area (Å²) in [6.45, 7) is 4.70. The molecule has 0 bridgehead atoms. The Bertz CT molecular complexity index is 197. The fraction of sp³-hybridized carbons (Fsp3) is 0.875. The first kappa shape index (κ1) is 9.02. The maximum Gasteiger partial charge on any atom is 0.117 e. The van der Waals surface area contributed by atoms with Gasteiger partial charge in [0, 0.05) is 13.0 Å². The highest BCUT2D eigenvalue weighted by molar-refractivity contribution is 9.10. The molecule has 1 atom stereocenters. The number of alkyl halides is 1. The van der Waals surface area contributed by atoms with Crippen molar-refractivity contribution in [1.82, 2.24) is 0 Å². The summed E-state index contributed by atoms with van der Waals surface area (Å²) in [5.41, 5.74) is -0.155. The van der Waals surface area contributed by atoms with E-state index in [1.165, 1.54) is 0 Å². The summed E-state index contributed by atoms with van der Waals surface area (Å²) in [6.07, 6.45) is 1.55. The molecule has 1 saturated heterocycles. The highest BCUT2D eigenvalue weighted by atomic mass is 79.9. The molecular formula is C8H12BrNO. The van der Waals surface area contributed by atoms with E-state index in [0.717, 1.165) is 12.8 Å². The Hall–Kier alpha value is -0.0700.